The van der Waals surface area contributed by atoms with Gasteiger partial charge in [0.15, 0.2) is 0 Å². The third-order valence-corrected chi connectivity index (χ3v) is 5.30. The number of amides is 1. The summed E-state index contributed by atoms with van der Waals surface area (Å²) in [4.78, 5) is 12.7. The molecule has 0 bridgehead atoms. The Balaban J connectivity index is 1.36. The van der Waals surface area contributed by atoms with Gasteiger partial charge in [0.05, 0.1) is 0 Å². The molecule has 31 heavy (non-hydrogen) atoms. The molecule has 1 aliphatic rings. The maximum Gasteiger partial charge on any atom is 0.251 e. The number of carbonyl (C=O) groups excluding carboxylic acids is 1. The Kier molecular flexibility index (Phi) is 6.03. The summed E-state index contributed by atoms with van der Waals surface area (Å²) < 4.78 is 0. The van der Waals surface area contributed by atoms with Gasteiger partial charge in [-0.1, -0.05) is 66.7 Å². The first-order valence-electron chi connectivity index (χ1n) is 10.3. The number of nitrogens with one attached hydrogen (secondary N) is 2. The molecule has 1 fully saturated rings. The fourth-order valence-corrected chi connectivity index (χ4v) is 3.53. The Labute approximate surface area is 182 Å². The molecule has 1 saturated carbocycles. The van der Waals surface area contributed by atoms with E-state index in [1.54, 1.807) is 24.3 Å². The van der Waals surface area contributed by atoms with Crippen LogP contribution in [0, 0.1) is 0 Å². The number of nitrogens with two attached hydrogens (primary N) is 2. The van der Waals surface area contributed by atoms with Gasteiger partial charge >= 0.3 is 0 Å². The van der Waals surface area contributed by atoms with Gasteiger partial charge in [0.2, 0.25) is 0 Å². The molecule has 0 aromatic heterocycles. The predicted molar refractivity (Wildman–Crippen MR) is 126 cm³/mol. The number of carbonyl (C=O) groups is 1. The number of rotatable bonds is 7. The van der Waals surface area contributed by atoms with Crippen LogP contribution in [-0.4, -0.2) is 11.9 Å². The van der Waals surface area contributed by atoms with E-state index in [4.69, 9.17) is 11.5 Å². The van der Waals surface area contributed by atoms with Crippen molar-refractivity contribution in [2.75, 3.05) is 5.32 Å². The smallest absolute Gasteiger partial charge is 0.251 e. The monoisotopic (exact) mass is 410 g/mol. The SMILES string of the molecule is N/C(=C\C=C(/N)Nc1cccc(C(=O)NC2CC2c2ccccc2)c1)c1ccccc1. The molecule has 5 nitrogen and oxygen atoms in total. The van der Waals surface area contributed by atoms with Crippen molar-refractivity contribution in [1.82, 2.24) is 5.32 Å². The lowest BCUT2D eigenvalue weighted by Crippen LogP contribution is -2.26. The van der Waals surface area contributed by atoms with E-state index in [9.17, 15) is 4.79 Å². The summed E-state index contributed by atoms with van der Waals surface area (Å²) in [5, 5.41) is 6.23. The molecule has 3 aromatic rings. The lowest BCUT2D eigenvalue weighted by molar-refractivity contribution is 0.0950. The zero-order valence-electron chi connectivity index (χ0n) is 17.2. The van der Waals surface area contributed by atoms with Crippen LogP contribution in [0.15, 0.2) is 103 Å². The van der Waals surface area contributed by atoms with Crippen LogP contribution in [0.2, 0.25) is 0 Å². The molecule has 0 aliphatic heterocycles. The molecule has 0 saturated heterocycles. The van der Waals surface area contributed by atoms with Crippen molar-refractivity contribution in [3.8, 4) is 0 Å². The van der Waals surface area contributed by atoms with Crippen molar-refractivity contribution in [2.24, 2.45) is 11.5 Å². The maximum atomic E-state index is 12.7. The van der Waals surface area contributed by atoms with E-state index in [2.05, 4.69) is 22.8 Å². The molecule has 2 unspecified atom stereocenters. The van der Waals surface area contributed by atoms with E-state index < -0.39 is 0 Å². The van der Waals surface area contributed by atoms with Crippen LogP contribution < -0.4 is 22.1 Å². The van der Waals surface area contributed by atoms with Gasteiger partial charge in [-0.3, -0.25) is 4.79 Å². The molecular weight excluding hydrogens is 384 g/mol. The Morgan fingerprint density at radius 1 is 0.839 bits per heavy atom. The van der Waals surface area contributed by atoms with Crippen LogP contribution in [0.4, 0.5) is 5.69 Å². The van der Waals surface area contributed by atoms with Crippen LogP contribution >= 0.6 is 0 Å². The second-order valence-electron chi connectivity index (χ2n) is 7.65. The van der Waals surface area contributed by atoms with Crippen molar-refractivity contribution >= 4 is 17.3 Å². The standard InChI is InChI=1S/C26H26N4O/c27-23(19-10-5-2-6-11-19)14-15-25(28)29-21-13-7-12-20(16-21)26(31)30-24-17-22(24)18-8-3-1-4-9-18/h1-16,22,24,29H,17,27-28H2,(H,30,31)/b23-14-,25-15+. The minimum absolute atomic E-state index is 0.0807. The van der Waals surface area contributed by atoms with Crippen molar-refractivity contribution in [2.45, 2.75) is 18.4 Å². The average Bonchev–Trinajstić information content (AvgIpc) is 3.58. The lowest BCUT2D eigenvalue weighted by atomic mass is 10.1. The van der Waals surface area contributed by atoms with E-state index in [0.717, 1.165) is 17.7 Å². The first kappa shape index (κ1) is 20.3. The summed E-state index contributed by atoms with van der Waals surface area (Å²) in [5.74, 6) is 0.748. The third kappa shape index (κ3) is 5.34. The second kappa shape index (κ2) is 9.22. The van der Waals surface area contributed by atoms with Crippen LogP contribution in [0.1, 0.15) is 33.8 Å². The van der Waals surface area contributed by atoms with Gasteiger partial charge < -0.3 is 22.1 Å². The maximum absolute atomic E-state index is 12.7. The minimum atomic E-state index is -0.0807. The number of benzene rings is 3. The Morgan fingerprint density at radius 2 is 1.52 bits per heavy atom. The quantitative estimate of drug-likeness (QED) is 0.440. The topological polar surface area (TPSA) is 93.2 Å². The Morgan fingerprint density at radius 3 is 2.26 bits per heavy atom. The number of anilines is 1. The highest BCUT2D eigenvalue weighted by atomic mass is 16.1. The van der Waals surface area contributed by atoms with Crippen LogP contribution in [-0.2, 0) is 0 Å². The van der Waals surface area contributed by atoms with Crippen LogP contribution in [0.25, 0.3) is 5.70 Å². The summed E-state index contributed by atoms with van der Waals surface area (Å²) in [7, 11) is 0. The molecule has 0 heterocycles. The number of hydrogen-bond donors (Lipinski definition) is 4. The van der Waals surface area contributed by atoms with E-state index in [-0.39, 0.29) is 11.9 Å². The minimum Gasteiger partial charge on any atom is -0.398 e. The molecular formula is C26H26N4O. The largest absolute Gasteiger partial charge is 0.398 e. The van der Waals surface area contributed by atoms with Crippen molar-refractivity contribution in [1.29, 1.82) is 0 Å². The molecule has 5 heteroatoms. The summed E-state index contributed by atoms with van der Waals surface area (Å²) in [6.07, 6.45) is 4.44. The van der Waals surface area contributed by atoms with Crippen LogP contribution in [0.5, 0.6) is 0 Å². The predicted octanol–water partition coefficient (Wildman–Crippen LogP) is 4.18. The summed E-state index contributed by atoms with van der Waals surface area (Å²) in [6, 6.07) is 27.4. The van der Waals surface area contributed by atoms with Gasteiger partial charge in [0.25, 0.3) is 5.91 Å². The highest BCUT2D eigenvalue weighted by Crippen LogP contribution is 2.40. The molecule has 4 rings (SSSR count). The van der Waals surface area contributed by atoms with Gasteiger partial charge in [-0.25, -0.2) is 0 Å². The fraction of sp³-hybridized carbons (Fsp3) is 0.115. The molecule has 0 spiro atoms. The van der Waals surface area contributed by atoms with E-state index >= 15 is 0 Å². The lowest BCUT2D eigenvalue weighted by Gasteiger charge is -2.09. The summed E-state index contributed by atoms with van der Waals surface area (Å²) >= 11 is 0. The molecule has 1 amide bonds. The Hall–Kier alpha value is -3.99. The van der Waals surface area contributed by atoms with Crippen molar-refractivity contribution in [3.63, 3.8) is 0 Å². The van der Waals surface area contributed by atoms with Crippen molar-refractivity contribution in [3.05, 3.63) is 120 Å². The van der Waals surface area contributed by atoms with Crippen molar-refractivity contribution < 1.29 is 4.79 Å². The van der Waals surface area contributed by atoms with E-state index in [1.165, 1.54) is 5.56 Å². The highest BCUT2D eigenvalue weighted by molar-refractivity contribution is 5.95. The van der Waals surface area contributed by atoms with Gasteiger partial charge in [-0.2, -0.15) is 0 Å². The average molecular weight is 411 g/mol. The fourth-order valence-electron chi connectivity index (χ4n) is 3.53. The molecule has 6 N–H and O–H groups in total. The first-order valence-corrected chi connectivity index (χ1v) is 10.3. The summed E-state index contributed by atoms with van der Waals surface area (Å²) in [6.45, 7) is 0. The normalized spacial score (nSPS) is 18.3. The summed E-state index contributed by atoms with van der Waals surface area (Å²) in [5.41, 5.74) is 16.3. The van der Waals surface area contributed by atoms with E-state index in [0.29, 0.717) is 23.0 Å². The molecule has 3 aromatic carbocycles. The molecule has 0 radical (unpaired) electrons. The van der Waals surface area contributed by atoms with Gasteiger partial charge in [0.1, 0.15) is 5.82 Å². The van der Waals surface area contributed by atoms with Gasteiger partial charge in [0, 0.05) is 28.9 Å². The molecule has 1 aliphatic carbocycles. The molecule has 2 atom stereocenters. The van der Waals surface area contributed by atoms with E-state index in [1.807, 2.05) is 60.7 Å². The Bertz CT molecular complexity index is 1110. The highest BCUT2D eigenvalue weighted by Gasteiger charge is 2.39. The number of allylic oxidation sites excluding steroid dienone is 2. The molecule has 156 valence electrons. The third-order valence-electron chi connectivity index (χ3n) is 5.30. The first-order chi connectivity index (χ1) is 15.1. The zero-order chi connectivity index (χ0) is 21.6. The van der Waals surface area contributed by atoms with Gasteiger partial charge in [-0.05, 0) is 47.9 Å². The zero-order valence-corrected chi connectivity index (χ0v) is 17.2. The number of hydrogen-bond acceptors (Lipinski definition) is 4. The second-order valence-corrected chi connectivity index (χ2v) is 7.65. The van der Waals surface area contributed by atoms with Crippen LogP contribution in [0.3, 0.4) is 0 Å². The van der Waals surface area contributed by atoms with Gasteiger partial charge in [-0.15, -0.1) is 0 Å².